The number of nitrogens with zero attached hydrogens (tertiary/aromatic N) is 1. The summed E-state index contributed by atoms with van der Waals surface area (Å²) < 4.78 is 29.8. The number of carbonyl (C=O) groups excluding carboxylic acids is 3. The van der Waals surface area contributed by atoms with E-state index in [4.69, 9.17) is 4.74 Å². The fourth-order valence-corrected chi connectivity index (χ4v) is 7.46. The zero-order valence-corrected chi connectivity index (χ0v) is 22.2. The van der Waals surface area contributed by atoms with Crippen LogP contribution in [-0.2, 0) is 37.2 Å². The lowest BCUT2D eigenvalue weighted by Gasteiger charge is -2.37. The van der Waals surface area contributed by atoms with Gasteiger partial charge in [0.05, 0.1) is 18.3 Å². The van der Waals surface area contributed by atoms with Gasteiger partial charge in [-0.3, -0.25) is 14.4 Å². The van der Waals surface area contributed by atoms with Crippen molar-refractivity contribution in [1.29, 1.82) is 0 Å². The minimum absolute atomic E-state index is 0.130. The molecule has 10 nitrogen and oxygen atoms in total. The molecule has 2 fully saturated rings. The minimum atomic E-state index is -3.75. The van der Waals surface area contributed by atoms with E-state index in [1.807, 2.05) is 36.4 Å². The normalized spacial score (nSPS) is 21.9. The maximum atomic E-state index is 13.6. The predicted octanol–water partition coefficient (Wildman–Crippen LogP) is 1.65. The van der Waals surface area contributed by atoms with Crippen molar-refractivity contribution in [2.45, 2.75) is 55.4 Å². The Bertz CT molecular complexity index is 1530. The quantitative estimate of drug-likeness (QED) is 0.373. The van der Waals surface area contributed by atoms with E-state index in [1.54, 1.807) is 25.4 Å². The van der Waals surface area contributed by atoms with Gasteiger partial charge >= 0.3 is 0 Å². The van der Waals surface area contributed by atoms with Gasteiger partial charge in [-0.1, -0.05) is 30.3 Å². The van der Waals surface area contributed by atoms with Gasteiger partial charge in [-0.05, 0) is 43.2 Å². The van der Waals surface area contributed by atoms with Gasteiger partial charge in [0.15, 0.2) is 9.84 Å². The Labute approximate surface area is 220 Å². The molecule has 5 rings (SSSR count). The Morgan fingerprint density at radius 3 is 2.68 bits per heavy atom. The molecular weight excluding hydrogens is 508 g/mol. The van der Waals surface area contributed by atoms with Crippen LogP contribution < -0.4 is 15.4 Å². The summed E-state index contributed by atoms with van der Waals surface area (Å²) >= 11 is 0. The highest BCUT2D eigenvalue weighted by atomic mass is 32.2. The molecule has 38 heavy (non-hydrogen) atoms. The van der Waals surface area contributed by atoms with Gasteiger partial charge in [0.2, 0.25) is 17.7 Å². The number of carbonyl (C=O) groups is 3. The second-order valence-corrected chi connectivity index (χ2v) is 12.9. The lowest BCUT2D eigenvalue weighted by Crippen LogP contribution is -2.61. The molecular formula is C27H30N4O6S. The number of rotatable bonds is 8. The summed E-state index contributed by atoms with van der Waals surface area (Å²) in [5.74, 6) is -0.842. The van der Waals surface area contributed by atoms with Gasteiger partial charge < -0.3 is 25.3 Å². The number of β-lactam (4-membered cyclic amide) rings is 1. The number of para-hydroxylation sites is 1. The van der Waals surface area contributed by atoms with E-state index in [1.165, 1.54) is 13.8 Å². The van der Waals surface area contributed by atoms with Gasteiger partial charge in [-0.15, -0.1) is 0 Å². The third-order valence-electron chi connectivity index (χ3n) is 7.56. The van der Waals surface area contributed by atoms with Gasteiger partial charge in [0.25, 0.3) is 0 Å². The number of amides is 3. The maximum Gasteiger partial charge on any atom is 0.245 e. The van der Waals surface area contributed by atoms with Crippen LogP contribution in [0.5, 0.6) is 5.75 Å². The number of nitrogens with one attached hydrogen (secondary N) is 3. The van der Waals surface area contributed by atoms with E-state index in [0.29, 0.717) is 5.75 Å². The van der Waals surface area contributed by atoms with Crippen molar-refractivity contribution in [2.24, 2.45) is 0 Å². The van der Waals surface area contributed by atoms with E-state index in [9.17, 15) is 22.8 Å². The highest BCUT2D eigenvalue weighted by Gasteiger charge is 2.67. The Hall–Kier alpha value is -3.86. The Kier molecular flexibility index (Phi) is 6.42. The Balaban J connectivity index is 1.40. The second-order valence-electron chi connectivity index (χ2n) is 10.2. The average molecular weight is 539 g/mol. The summed E-state index contributed by atoms with van der Waals surface area (Å²) in [7, 11) is -2.20. The molecule has 0 saturated carbocycles. The number of sulfone groups is 1. The lowest BCUT2D eigenvalue weighted by atomic mass is 9.96. The molecule has 11 heteroatoms. The van der Waals surface area contributed by atoms with Crippen molar-refractivity contribution in [3.8, 4) is 5.75 Å². The third-order valence-corrected chi connectivity index (χ3v) is 10.4. The number of methoxy groups -OCH3 is 1. The Morgan fingerprint density at radius 2 is 1.95 bits per heavy atom. The number of hydrogen-bond donors (Lipinski definition) is 3. The first-order valence-corrected chi connectivity index (χ1v) is 13.9. The topological polar surface area (TPSA) is 138 Å². The summed E-state index contributed by atoms with van der Waals surface area (Å²) in [5, 5.41) is 5.55. The van der Waals surface area contributed by atoms with Crippen LogP contribution in [-0.4, -0.2) is 65.3 Å². The highest BCUT2D eigenvalue weighted by Crippen LogP contribution is 2.45. The zero-order valence-electron chi connectivity index (χ0n) is 21.4. The number of ether oxygens (including phenoxy) is 1. The van der Waals surface area contributed by atoms with Crippen LogP contribution in [0.15, 0.2) is 54.7 Å². The van der Waals surface area contributed by atoms with Crippen molar-refractivity contribution in [1.82, 2.24) is 20.5 Å². The standard InChI is InChI=1S/C27H30N4O6S/c1-27(2)24(31-22(32)13-23(31)38(27,35)36)26(34)30-21(12-17-15-28-20-10-5-4-9-19(17)20)25(33)29-14-16-7-6-8-18(11-16)37-3/h4-11,15,21,23-24,28H,12-14H2,1-3H3,(H,29,33)(H,30,34)/t21-,23-,24-/m0/s1. The van der Waals surface area contributed by atoms with Crippen molar-refractivity contribution >= 4 is 38.5 Å². The van der Waals surface area contributed by atoms with Gasteiger partial charge in [0.1, 0.15) is 23.2 Å². The largest absolute Gasteiger partial charge is 0.497 e. The highest BCUT2D eigenvalue weighted by molar-refractivity contribution is 7.93. The minimum Gasteiger partial charge on any atom is -0.497 e. The number of fused-ring (bicyclic) bond motifs is 2. The van der Waals surface area contributed by atoms with Crippen LogP contribution in [0.1, 0.15) is 31.4 Å². The molecule has 0 bridgehead atoms. The van der Waals surface area contributed by atoms with Crippen LogP contribution in [0.3, 0.4) is 0 Å². The molecule has 2 aliphatic heterocycles. The number of aromatic amines is 1. The van der Waals surface area contributed by atoms with Crippen molar-refractivity contribution in [3.63, 3.8) is 0 Å². The van der Waals surface area contributed by atoms with Crippen LogP contribution >= 0.6 is 0 Å². The van der Waals surface area contributed by atoms with E-state index in [-0.39, 0.29) is 25.3 Å². The summed E-state index contributed by atoms with van der Waals surface area (Å²) in [5.41, 5.74) is 2.52. The lowest BCUT2D eigenvalue weighted by molar-refractivity contribution is -0.150. The van der Waals surface area contributed by atoms with Crippen molar-refractivity contribution < 1.29 is 27.5 Å². The first-order chi connectivity index (χ1) is 18.0. The maximum absolute atomic E-state index is 13.6. The number of benzene rings is 2. The summed E-state index contributed by atoms with van der Waals surface area (Å²) in [6.07, 6.45) is 1.82. The fraction of sp³-hybridized carbons (Fsp3) is 0.370. The first-order valence-electron chi connectivity index (χ1n) is 12.3. The Morgan fingerprint density at radius 1 is 1.18 bits per heavy atom. The van der Waals surface area contributed by atoms with Crippen LogP contribution in [0.25, 0.3) is 10.9 Å². The SMILES string of the molecule is COc1cccc(CNC(=O)[C@H](Cc2c[nH]c3ccccc23)NC(=O)[C@@H]2N3C(=O)C[C@@H]3S(=O)(=O)C2(C)C)c1. The molecule has 0 aliphatic carbocycles. The van der Waals surface area contributed by atoms with E-state index < -0.39 is 43.9 Å². The molecule has 3 amide bonds. The molecule has 0 unspecified atom stereocenters. The number of hydrogen-bond acceptors (Lipinski definition) is 6. The average Bonchev–Trinajstić information content (AvgIpc) is 3.35. The summed E-state index contributed by atoms with van der Waals surface area (Å²) in [4.78, 5) is 43.6. The molecule has 200 valence electrons. The first kappa shape index (κ1) is 25.8. The van der Waals surface area contributed by atoms with Crippen molar-refractivity contribution in [2.75, 3.05) is 7.11 Å². The molecule has 3 aromatic rings. The smallest absolute Gasteiger partial charge is 0.245 e. The molecule has 2 saturated heterocycles. The zero-order chi connectivity index (χ0) is 27.2. The monoisotopic (exact) mass is 538 g/mol. The predicted molar refractivity (Wildman–Crippen MR) is 141 cm³/mol. The van der Waals surface area contributed by atoms with E-state index in [0.717, 1.165) is 26.9 Å². The van der Waals surface area contributed by atoms with Crippen LogP contribution in [0.4, 0.5) is 0 Å². The fourth-order valence-electron chi connectivity index (χ4n) is 5.33. The van der Waals surface area contributed by atoms with E-state index in [2.05, 4.69) is 15.6 Å². The molecule has 3 atom stereocenters. The summed E-state index contributed by atoms with van der Waals surface area (Å²) in [6, 6.07) is 12.6. The van der Waals surface area contributed by atoms with Crippen LogP contribution in [0.2, 0.25) is 0 Å². The molecule has 3 heterocycles. The molecule has 2 aliphatic rings. The van der Waals surface area contributed by atoms with Crippen molar-refractivity contribution in [3.05, 3.63) is 65.9 Å². The molecule has 0 radical (unpaired) electrons. The summed E-state index contributed by atoms with van der Waals surface area (Å²) in [6.45, 7) is 3.11. The molecule has 0 spiro atoms. The molecule has 2 aromatic carbocycles. The van der Waals surface area contributed by atoms with Gasteiger partial charge in [0, 0.05) is 30.1 Å². The molecule has 3 N–H and O–H groups in total. The third kappa shape index (κ3) is 4.20. The number of aromatic nitrogens is 1. The van der Waals surface area contributed by atoms with Gasteiger partial charge in [-0.2, -0.15) is 0 Å². The van der Waals surface area contributed by atoms with E-state index >= 15 is 0 Å². The number of H-pyrrole nitrogens is 1. The molecule has 1 aromatic heterocycles. The van der Waals surface area contributed by atoms with Crippen LogP contribution in [0, 0.1) is 0 Å². The van der Waals surface area contributed by atoms with Gasteiger partial charge in [-0.25, -0.2) is 8.42 Å². The second kappa shape index (κ2) is 9.46.